The second-order valence-corrected chi connectivity index (χ2v) is 6.14. The van der Waals surface area contributed by atoms with Crippen LogP contribution < -0.4 is 11.1 Å². The maximum absolute atomic E-state index is 6.00. The number of nitrogens with two attached hydrogens (primary N) is 1. The minimum atomic E-state index is -0.0784. The minimum absolute atomic E-state index is 0.0784. The highest BCUT2D eigenvalue weighted by atomic mass is 79.9. The van der Waals surface area contributed by atoms with Crippen LogP contribution in [0.15, 0.2) is 22.7 Å². The molecule has 2 rings (SSSR count). The average molecular weight is 334 g/mol. The maximum atomic E-state index is 6.00. The molecule has 1 aromatic rings. The summed E-state index contributed by atoms with van der Waals surface area (Å²) in [5.41, 5.74) is 6.92. The summed E-state index contributed by atoms with van der Waals surface area (Å²) in [4.78, 5) is 0. The fraction of sp³-hybridized carbons (Fsp3) is 0.538. The van der Waals surface area contributed by atoms with E-state index >= 15 is 0 Å². The predicted molar refractivity (Wildman–Crippen MR) is 79.2 cm³/mol. The highest BCUT2D eigenvalue weighted by Gasteiger charge is 2.34. The van der Waals surface area contributed by atoms with Gasteiger partial charge in [0.05, 0.1) is 16.7 Å². The van der Waals surface area contributed by atoms with Crippen molar-refractivity contribution in [3.05, 3.63) is 27.7 Å². The highest BCUT2D eigenvalue weighted by Crippen LogP contribution is 2.31. The van der Waals surface area contributed by atoms with Gasteiger partial charge in [-0.2, -0.15) is 0 Å². The molecule has 1 heterocycles. The van der Waals surface area contributed by atoms with Crippen molar-refractivity contribution in [2.45, 2.75) is 31.4 Å². The number of benzene rings is 1. The van der Waals surface area contributed by atoms with Crippen molar-refractivity contribution in [1.82, 2.24) is 0 Å². The quantitative estimate of drug-likeness (QED) is 0.891. The van der Waals surface area contributed by atoms with Crippen molar-refractivity contribution in [3.63, 3.8) is 0 Å². The number of anilines is 1. The largest absolute Gasteiger partial charge is 0.378 e. The fourth-order valence-electron chi connectivity index (χ4n) is 2.40. The standard InChI is InChI=1S/C13H18BrClN2O/c1-9-7-13(8-16,4-5-18-9)17-10-2-3-12(15)11(14)6-10/h2-3,6,9,17H,4-5,7-8,16H2,1H3. The molecule has 18 heavy (non-hydrogen) atoms. The van der Waals surface area contributed by atoms with E-state index in [1.54, 1.807) is 0 Å². The summed E-state index contributed by atoms with van der Waals surface area (Å²) in [7, 11) is 0. The molecule has 1 aromatic carbocycles. The zero-order chi connectivity index (χ0) is 13.2. The topological polar surface area (TPSA) is 47.3 Å². The molecule has 0 saturated carbocycles. The van der Waals surface area contributed by atoms with Crippen LogP contribution in [0, 0.1) is 0 Å². The summed E-state index contributed by atoms with van der Waals surface area (Å²) in [6, 6.07) is 5.84. The molecule has 2 atom stereocenters. The predicted octanol–water partition coefficient (Wildman–Crippen LogP) is 3.41. The number of halogens is 2. The second kappa shape index (κ2) is 5.78. The van der Waals surface area contributed by atoms with Gasteiger partial charge >= 0.3 is 0 Å². The van der Waals surface area contributed by atoms with E-state index in [9.17, 15) is 0 Å². The Bertz CT molecular complexity index is 429. The van der Waals surface area contributed by atoms with Gasteiger partial charge in [0.25, 0.3) is 0 Å². The molecule has 100 valence electrons. The lowest BCUT2D eigenvalue weighted by Gasteiger charge is -2.40. The zero-order valence-electron chi connectivity index (χ0n) is 10.4. The van der Waals surface area contributed by atoms with E-state index in [0.29, 0.717) is 11.6 Å². The molecule has 1 fully saturated rings. The Balaban J connectivity index is 2.16. The van der Waals surface area contributed by atoms with Crippen LogP contribution in [0.2, 0.25) is 5.02 Å². The van der Waals surface area contributed by atoms with Crippen LogP contribution in [0.3, 0.4) is 0 Å². The Morgan fingerprint density at radius 3 is 3.00 bits per heavy atom. The molecule has 0 aromatic heterocycles. The average Bonchev–Trinajstić information content (AvgIpc) is 2.34. The van der Waals surface area contributed by atoms with Gasteiger partial charge in [0, 0.05) is 23.3 Å². The van der Waals surface area contributed by atoms with Crippen molar-refractivity contribution in [2.24, 2.45) is 5.73 Å². The van der Waals surface area contributed by atoms with Crippen LogP contribution in [-0.2, 0) is 4.74 Å². The van der Waals surface area contributed by atoms with E-state index in [0.717, 1.165) is 29.6 Å². The lowest BCUT2D eigenvalue weighted by Crippen LogP contribution is -2.51. The molecule has 0 spiro atoms. The van der Waals surface area contributed by atoms with Crippen LogP contribution in [0.25, 0.3) is 0 Å². The Morgan fingerprint density at radius 1 is 1.61 bits per heavy atom. The van der Waals surface area contributed by atoms with Crippen LogP contribution in [0.1, 0.15) is 19.8 Å². The number of nitrogens with one attached hydrogen (secondary N) is 1. The first-order valence-electron chi connectivity index (χ1n) is 6.09. The smallest absolute Gasteiger partial charge is 0.0569 e. The van der Waals surface area contributed by atoms with Crippen molar-refractivity contribution in [1.29, 1.82) is 0 Å². The number of hydrogen-bond acceptors (Lipinski definition) is 3. The minimum Gasteiger partial charge on any atom is -0.378 e. The number of ether oxygens (including phenoxy) is 1. The Morgan fingerprint density at radius 2 is 2.39 bits per heavy atom. The summed E-state index contributed by atoms with van der Waals surface area (Å²) >= 11 is 9.43. The van der Waals surface area contributed by atoms with Gasteiger partial charge < -0.3 is 15.8 Å². The van der Waals surface area contributed by atoms with Crippen molar-refractivity contribution in [2.75, 3.05) is 18.5 Å². The molecule has 0 bridgehead atoms. The summed E-state index contributed by atoms with van der Waals surface area (Å²) in [6.45, 7) is 3.43. The van der Waals surface area contributed by atoms with Crippen LogP contribution in [-0.4, -0.2) is 24.8 Å². The Kier molecular flexibility index (Phi) is 4.54. The molecule has 1 saturated heterocycles. The summed E-state index contributed by atoms with van der Waals surface area (Å²) in [5, 5.41) is 4.26. The van der Waals surface area contributed by atoms with Gasteiger partial charge in [0.2, 0.25) is 0 Å². The van der Waals surface area contributed by atoms with Gasteiger partial charge in [0.15, 0.2) is 0 Å². The molecule has 1 aliphatic rings. The normalized spacial score (nSPS) is 28.1. The summed E-state index contributed by atoms with van der Waals surface area (Å²) in [6.07, 6.45) is 2.09. The van der Waals surface area contributed by atoms with Crippen LogP contribution in [0.5, 0.6) is 0 Å². The van der Waals surface area contributed by atoms with Gasteiger partial charge in [-0.1, -0.05) is 11.6 Å². The van der Waals surface area contributed by atoms with E-state index in [2.05, 4.69) is 28.2 Å². The third-order valence-corrected chi connectivity index (χ3v) is 4.59. The molecule has 0 radical (unpaired) electrons. The van der Waals surface area contributed by atoms with E-state index < -0.39 is 0 Å². The van der Waals surface area contributed by atoms with Crippen molar-refractivity contribution < 1.29 is 4.74 Å². The van der Waals surface area contributed by atoms with Crippen LogP contribution >= 0.6 is 27.5 Å². The number of hydrogen-bond donors (Lipinski definition) is 2. The van der Waals surface area contributed by atoms with Gasteiger partial charge in [-0.25, -0.2) is 0 Å². The first kappa shape index (κ1) is 14.1. The maximum Gasteiger partial charge on any atom is 0.0569 e. The second-order valence-electron chi connectivity index (χ2n) is 4.87. The van der Waals surface area contributed by atoms with Gasteiger partial charge in [-0.15, -0.1) is 0 Å². The third kappa shape index (κ3) is 3.18. The highest BCUT2D eigenvalue weighted by molar-refractivity contribution is 9.10. The lowest BCUT2D eigenvalue weighted by atomic mass is 9.86. The van der Waals surface area contributed by atoms with E-state index in [1.165, 1.54) is 0 Å². The summed E-state index contributed by atoms with van der Waals surface area (Å²) in [5.74, 6) is 0. The molecule has 0 aliphatic carbocycles. The molecular formula is C13H18BrClN2O. The lowest BCUT2D eigenvalue weighted by molar-refractivity contribution is 0.000264. The first-order valence-corrected chi connectivity index (χ1v) is 7.27. The van der Waals surface area contributed by atoms with Gasteiger partial charge in [-0.3, -0.25) is 0 Å². The molecule has 2 unspecified atom stereocenters. The first-order chi connectivity index (χ1) is 8.54. The van der Waals surface area contributed by atoms with E-state index in [1.807, 2.05) is 18.2 Å². The van der Waals surface area contributed by atoms with Gasteiger partial charge in [0.1, 0.15) is 0 Å². The molecule has 1 aliphatic heterocycles. The van der Waals surface area contributed by atoms with Crippen molar-refractivity contribution >= 4 is 33.2 Å². The molecule has 5 heteroatoms. The molecule has 3 nitrogen and oxygen atoms in total. The third-order valence-electron chi connectivity index (χ3n) is 3.38. The fourth-order valence-corrected chi connectivity index (χ4v) is 2.89. The zero-order valence-corrected chi connectivity index (χ0v) is 12.7. The van der Waals surface area contributed by atoms with Crippen LogP contribution in [0.4, 0.5) is 5.69 Å². The van der Waals surface area contributed by atoms with Gasteiger partial charge in [-0.05, 0) is 53.9 Å². The molecule has 0 amide bonds. The molecule has 3 N–H and O–H groups in total. The monoisotopic (exact) mass is 332 g/mol. The molecular weight excluding hydrogens is 316 g/mol. The van der Waals surface area contributed by atoms with E-state index in [-0.39, 0.29) is 11.6 Å². The van der Waals surface area contributed by atoms with Crippen molar-refractivity contribution in [3.8, 4) is 0 Å². The van der Waals surface area contributed by atoms with E-state index in [4.69, 9.17) is 22.1 Å². The summed E-state index contributed by atoms with van der Waals surface area (Å²) < 4.78 is 6.48. The number of rotatable bonds is 3. The Hall–Kier alpha value is -0.290. The Labute approximate surface area is 121 Å². The SMILES string of the molecule is CC1CC(CN)(Nc2ccc(Cl)c(Br)c2)CCO1.